The number of nitrogens with zero attached hydrogens (tertiary/aromatic N) is 1. The maximum absolute atomic E-state index is 12.2. The molecule has 0 aromatic carbocycles. The van der Waals surface area contributed by atoms with Gasteiger partial charge in [-0.05, 0) is 32.1 Å². The van der Waals surface area contributed by atoms with Gasteiger partial charge < -0.3 is 9.84 Å². The van der Waals surface area contributed by atoms with E-state index in [9.17, 15) is 13.2 Å². The number of carbonyl (C=O) groups is 1. The molecule has 0 bridgehead atoms. The molecule has 8 heteroatoms. The predicted molar refractivity (Wildman–Crippen MR) is 72.4 cm³/mol. The monoisotopic (exact) mass is 306 g/mol. The smallest absolute Gasteiger partial charge is 0.306 e. The van der Waals surface area contributed by atoms with E-state index in [1.807, 2.05) is 0 Å². The van der Waals surface area contributed by atoms with Gasteiger partial charge in [0.15, 0.2) is 0 Å². The molecule has 2 fully saturated rings. The predicted octanol–water partition coefficient (Wildman–Crippen LogP) is 0.185. The van der Waals surface area contributed by atoms with Crippen LogP contribution in [0.25, 0.3) is 0 Å². The molecule has 7 nitrogen and oxygen atoms in total. The van der Waals surface area contributed by atoms with Gasteiger partial charge in [-0.2, -0.15) is 17.4 Å². The Morgan fingerprint density at radius 2 is 1.90 bits per heavy atom. The van der Waals surface area contributed by atoms with Crippen molar-refractivity contribution >= 4 is 16.2 Å². The van der Waals surface area contributed by atoms with Crippen molar-refractivity contribution in [1.82, 2.24) is 9.03 Å². The van der Waals surface area contributed by atoms with Gasteiger partial charge in [0.05, 0.1) is 12.0 Å². The summed E-state index contributed by atoms with van der Waals surface area (Å²) in [5.74, 6) is -1.26. The zero-order valence-electron chi connectivity index (χ0n) is 11.6. The highest BCUT2D eigenvalue weighted by molar-refractivity contribution is 7.87. The number of carboxylic acid groups (broad SMARTS) is 1. The first-order valence-electron chi connectivity index (χ1n) is 6.95. The van der Waals surface area contributed by atoms with E-state index in [1.54, 1.807) is 7.11 Å². The first-order valence-corrected chi connectivity index (χ1v) is 8.39. The van der Waals surface area contributed by atoms with E-state index in [1.165, 1.54) is 4.31 Å². The minimum atomic E-state index is -3.51. The molecule has 0 aromatic rings. The van der Waals surface area contributed by atoms with Crippen LogP contribution in [0.1, 0.15) is 32.1 Å². The highest BCUT2D eigenvalue weighted by atomic mass is 32.2. The van der Waals surface area contributed by atoms with Crippen LogP contribution < -0.4 is 4.72 Å². The lowest BCUT2D eigenvalue weighted by Gasteiger charge is -2.30. The molecular formula is C12H22N2O5S. The van der Waals surface area contributed by atoms with Crippen LogP contribution in [0, 0.1) is 5.92 Å². The van der Waals surface area contributed by atoms with Crippen LogP contribution in [-0.4, -0.2) is 56.1 Å². The molecule has 1 heterocycles. The molecule has 2 atom stereocenters. The summed E-state index contributed by atoms with van der Waals surface area (Å²) in [6, 6.07) is -0.0813. The average molecular weight is 306 g/mol. The molecule has 2 N–H and O–H groups in total. The van der Waals surface area contributed by atoms with Gasteiger partial charge in [-0.1, -0.05) is 0 Å². The molecule has 1 aliphatic heterocycles. The first-order chi connectivity index (χ1) is 9.42. The Morgan fingerprint density at radius 3 is 2.40 bits per heavy atom. The van der Waals surface area contributed by atoms with E-state index in [0.29, 0.717) is 19.3 Å². The van der Waals surface area contributed by atoms with Crippen LogP contribution in [-0.2, 0) is 19.7 Å². The van der Waals surface area contributed by atoms with Gasteiger partial charge in [-0.15, -0.1) is 0 Å². The Hall–Kier alpha value is -0.700. The van der Waals surface area contributed by atoms with Crippen molar-refractivity contribution in [3.63, 3.8) is 0 Å². The molecule has 0 aromatic heterocycles. The Balaban J connectivity index is 1.87. The fourth-order valence-corrected chi connectivity index (χ4v) is 4.37. The van der Waals surface area contributed by atoms with E-state index >= 15 is 0 Å². The van der Waals surface area contributed by atoms with Gasteiger partial charge in [-0.25, -0.2) is 0 Å². The summed E-state index contributed by atoms with van der Waals surface area (Å²) in [6.07, 6.45) is 3.22. The molecule has 1 aliphatic carbocycles. The number of ether oxygens (including phenoxy) is 1. The third-order valence-corrected chi connectivity index (χ3v) is 5.85. The van der Waals surface area contributed by atoms with Crippen molar-refractivity contribution in [3.05, 3.63) is 0 Å². The minimum absolute atomic E-state index is 0.0813. The van der Waals surface area contributed by atoms with Crippen LogP contribution in [0.15, 0.2) is 0 Å². The van der Waals surface area contributed by atoms with E-state index in [0.717, 1.165) is 12.8 Å². The van der Waals surface area contributed by atoms with Crippen molar-refractivity contribution in [1.29, 1.82) is 0 Å². The number of aliphatic carboxylic acids is 1. The van der Waals surface area contributed by atoms with Gasteiger partial charge in [0.1, 0.15) is 0 Å². The van der Waals surface area contributed by atoms with Crippen molar-refractivity contribution in [2.75, 3.05) is 20.2 Å². The summed E-state index contributed by atoms with van der Waals surface area (Å²) >= 11 is 0. The van der Waals surface area contributed by atoms with Crippen LogP contribution in [0.4, 0.5) is 0 Å². The Bertz CT molecular complexity index is 445. The van der Waals surface area contributed by atoms with Crippen LogP contribution in [0.5, 0.6) is 0 Å². The normalized spacial score (nSPS) is 29.6. The zero-order chi connectivity index (χ0) is 14.8. The van der Waals surface area contributed by atoms with E-state index in [2.05, 4.69) is 4.72 Å². The number of carboxylic acids is 1. The van der Waals surface area contributed by atoms with Crippen molar-refractivity contribution in [2.45, 2.75) is 44.2 Å². The number of hydrogen-bond acceptors (Lipinski definition) is 4. The first kappa shape index (κ1) is 15.7. The van der Waals surface area contributed by atoms with Crippen molar-refractivity contribution in [2.24, 2.45) is 5.92 Å². The van der Waals surface area contributed by atoms with Crippen molar-refractivity contribution < 1.29 is 23.1 Å². The SMILES string of the molecule is COC1CCC(NS(=O)(=O)N2CCC(C(=O)O)CC2)C1. The summed E-state index contributed by atoms with van der Waals surface area (Å²) in [5.41, 5.74) is 0. The fraction of sp³-hybridized carbons (Fsp3) is 0.917. The highest BCUT2D eigenvalue weighted by Crippen LogP contribution is 2.24. The molecule has 0 amide bonds. The molecule has 1 saturated heterocycles. The summed E-state index contributed by atoms with van der Waals surface area (Å²) in [4.78, 5) is 10.9. The van der Waals surface area contributed by atoms with Crippen LogP contribution in [0.2, 0.25) is 0 Å². The number of methoxy groups -OCH3 is 1. The zero-order valence-corrected chi connectivity index (χ0v) is 12.4. The van der Waals surface area contributed by atoms with Crippen molar-refractivity contribution in [3.8, 4) is 0 Å². The lowest BCUT2D eigenvalue weighted by molar-refractivity contribution is -0.142. The standard InChI is InChI=1S/C12H22N2O5S/c1-19-11-3-2-10(8-11)13-20(17,18)14-6-4-9(5-7-14)12(15)16/h9-11,13H,2-8H2,1H3,(H,15,16). The van der Waals surface area contributed by atoms with Crippen LogP contribution in [0.3, 0.4) is 0 Å². The molecule has 2 rings (SSSR count). The topological polar surface area (TPSA) is 95.9 Å². The Kier molecular flexibility index (Phi) is 5.00. The molecule has 0 spiro atoms. The molecule has 0 radical (unpaired) electrons. The number of nitrogens with one attached hydrogen (secondary N) is 1. The van der Waals surface area contributed by atoms with Gasteiger partial charge in [0.2, 0.25) is 0 Å². The fourth-order valence-electron chi connectivity index (χ4n) is 2.89. The molecule has 2 unspecified atom stereocenters. The van der Waals surface area contributed by atoms with E-state index in [-0.39, 0.29) is 25.2 Å². The third kappa shape index (κ3) is 3.69. The second-order valence-corrected chi connectivity index (χ2v) is 7.20. The minimum Gasteiger partial charge on any atom is -0.481 e. The summed E-state index contributed by atoms with van der Waals surface area (Å²) in [5, 5.41) is 8.92. The average Bonchev–Trinajstić information content (AvgIpc) is 2.85. The largest absolute Gasteiger partial charge is 0.481 e. The summed E-state index contributed by atoms with van der Waals surface area (Å²) in [7, 11) is -1.88. The van der Waals surface area contributed by atoms with Gasteiger partial charge in [0.25, 0.3) is 10.2 Å². The highest BCUT2D eigenvalue weighted by Gasteiger charge is 2.34. The Morgan fingerprint density at radius 1 is 1.25 bits per heavy atom. The number of rotatable bonds is 5. The maximum atomic E-state index is 12.2. The van der Waals surface area contributed by atoms with Gasteiger partial charge in [-0.3, -0.25) is 4.79 Å². The number of piperidine rings is 1. The molecular weight excluding hydrogens is 284 g/mol. The summed E-state index contributed by atoms with van der Waals surface area (Å²) < 4.78 is 33.8. The lowest BCUT2D eigenvalue weighted by atomic mass is 9.99. The maximum Gasteiger partial charge on any atom is 0.306 e. The molecule has 1 saturated carbocycles. The van der Waals surface area contributed by atoms with Gasteiger partial charge >= 0.3 is 5.97 Å². The number of hydrogen-bond donors (Lipinski definition) is 2. The van der Waals surface area contributed by atoms with Gasteiger partial charge in [0, 0.05) is 26.2 Å². The molecule has 20 heavy (non-hydrogen) atoms. The molecule has 116 valence electrons. The second-order valence-electron chi connectivity index (χ2n) is 5.50. The van der Waals surface area contributed by atoms with Crippen LogP contribution >= 0.6 is 0 Å². The van der Waals surface area contributed by atoms with E-state index < -0.39 is 22.1 Å². The summed E-state index contributed by atoms with van der Waals surface area (Å²) in [6.45, 7) is 0.541. The Labute approximate surface area is 119 Å². The molecule has 2 aliphatic rings. The van der Waals surface area contributed by atoms with E-state index in [4.69, 9.17) is 9.84 Å². The second kappa shape index (κ2) is 6.38. The third-order valence-electron chi connectivity index (χ3n) is 4.18. The quantitative estimate of drug-likeness (QED) is 0.755. The lowest BCUT2D eigenvalue weighted by Crippen LogP contribution is -2.48.